The lowest BCUT2D eigenvalue weighted by atomic mass is 10.0. The molecule has 4 heteroatoms. The summed E-state index contributed by atoms with van der Waals surface area (Å²) in [5.74, 6) is 1.76. The molecule has 0 aliphatic carbocycles. The molecule has 1 aliphatic rings. The molecule has 0 bridgehead atoms. The van der Waals surface area contributed by atoms with E-state index in [0.717, 1.165) is 37.0 Å². The first-order chi connectivity index (χ1) is 9.24. The van der Waals surface area contributed by atoms with Crippen LogP contribution in [0.2, 0.25) is 0 Å². The number of aromatic nitrogens is 2. The van der Waals surface area contributed by atoms with Crippen molar-refractivity contribution in [2.24, 2.45) is 0 Å². The predicted octanol–water partition coefficient (Wildman–Crippen LogP) is 3.15. The number of anilines is 2. The zero-order valence-corrected chi connectivity index (χ0v) is 12.0. The third-order valence-electron chi connectivity index (χ3n) is 3.63. The van der Waals surface area contributed by atoms with Crippen LogP contribution in [-0.2, 0) is 0 Å². The van der Waals surface area contributed by atoms with E-state index in [1.54, 1.807) is 0 Å². The highest BCUT2D eigenvalue weighted by Gasteiger charge is 2.23. The van der Waals surface area contributed by atoms with Crippen LogP contribution in [0.25, 0.3) is 0 Å². The molecule has 4 nitrogen and oxygen atoms in total. The molecular formula is C15H24N4. The first-order valence-electron chi connectivity index (χ1n) is 7.21. The van der Waals surface area contributed by atoms with Gasteiger partial charge in [-0.15, -0.1) is 6.58 Å². The second-order valence-corrected chi connectivity index (χ2v) is 5.12. The van der Waals surface area contributed by atoms with Crippen molar-refractivity contribution in [1.29, 1.82) is 0 Å². The highest BCUT2D eigenvalue weighted by atomic mass is 15.3. The smallest absolute Gasteiger partial charge is 0.227 e. The molecule has 1 atom stereocenters. The first-order valence-corrected chi connectivity index (χ1v) is 7.21. The van der Waals surface area contributed by atoms with Gasteiger partial charge in [0.25, 0.3) is 0 Å². The Morgan fingerprint density at radius 1 is 1.47 bits per heavy atom. The van der Waals surface area contributed by atoms with E-state index in [0.29, 0.717) is 6.04 Å². The molecule has 1 unspecified atom stereocenters. The minimum absolute atomic E-state index is 0.586. The first kappa shape index (κ1) is 13.8. The Bertz CT molecular complexity index is 430. The number of hydrogen-bond acceptors (Lipinski definition) is 4. The summed E-state index contributed by atoms with van der Waals surface area (Å²) in [5.41, 5.74) is 1.01. The van der Waals surface area contributed by atoms with E-state index in [2.05, 4.69) is 33.7 Å². The molecule has 1 fully saturated rings. The van der Waals surface area contributed by atoms with Gasteiger partial charge in [0.2, 0.25) is 5.95 Å². The highest BCUT2D eigenvalue weighted by Crippen LogP contribution is 2.24. The fourth-order valence-electron chi connectivity index (χ4n) is 2.64. The summed E-state index contributed by atoms with van der Waals surface area (Å²) in [6, 6.07) is 2.57. The molecule has 1 aliphatic heterocycles. The molecule has 2 rings (SSSR count). The van der Waals surface area contributed by atoms with Crippen LogP contribution in [0.5, 0.6) is 0 Å². The average molecular weight is 260 g/mol. The quantitative estimate of drug-likeness (QED) is 0.826. The normalized spacial score (nSPS) is 19.3. The minimum Gasteiger partial charge on any atom is -0.366 e. The van der Waals surface area contributed by atoms with Crippen molar-refractivity contribution in [2.75, 3.05) is 23.3 Å². The van der Waals surface area contributed by atoms with E-state index in [-0.39, 0.29) is 0 Å². The van der Waals surface area contributed by atoms with E-state index in [1.165, 1.54) is 19.3 Å². The lowest BCUT2D eigenvalue weighted by molar-refractivity contribution is 0.443. The van der Waals surface area contributed by atoms with Gasteiger partial charge in [0, 0.05) is 30.9 Å². The van der Waals surface area contributed by atoms with Crippen LogP contribution in [0.15, 0.2) is 18.7 Å². The molecule has 2 heterocycles. The van der Waals surface area contributed by atoms with Crippen LogP contribution in [0, 0.1) is 6.92 Å². The van der Waals surface area contributed by atoms with Crippen LogP contribution in [0.1, 0.15) is 38.3 Å². The molecule has 0 aromatic carbocycles. The Kier molecular flexibility index (Phi) is 4.77. The van der Waals surface area contributed by atoms with Gasteiger partial charge in [-0.3, -0.25) is 0 Å². The van der Waals surface area contributed by atoms with Crippen LogP contribution >= 0.6 is 0 Å². The summed E-state index contributed by atoms with van der Waals surface area (Å²) in [5, 5.41) is 3.25. The Balaban J connectivity index is 2.21. The average Bonchev–Trinajstić information content (AvgIpc) is 2.44. The summed E-state index contributed by atoms with van der Waals surface area (Å²) in [6.07, 6.45) is 6.81. The lowest BCUT2D eigenvalue weighted by Gasteiger charge is -2.35. The van der Waals surface area contributed by atoms with Gasteiger partial charge in [0.05, 0.1) is 0 Å². The van der Waals surface area contributed by atoms with Gasteiger partial charge in [0.15, 0.2) is 0 Å². The largest absolute Gasteiger partial charge is 0.366 e. The van der Waals surface area contributed by atoms with Gasteiger partial charge in [-0.05, 0) is 32.6 Å². The molecule has 1 aromatic rings. The fourth-order valence-corrected chi connectivity index (χ4v) is 2.64. The summed E-state index contributed by atoms with van der Waals surface area (Å²) in [4.78, 5) is 11.6. The van der Waals surface area contributed by atoms with E-state index < -0.39 is 0 Å². The highest BCUT2D eigenvalue weighted by molar-refractivity contribution is 5.44. The van der Waals surface area contributed by atoms with Gasteiger partial charge in [-0.1, -0.05) is 13.0 Å². The van der Waals surface area contributed by atoms with E-state index >= 15 is 0 Å². The molecule has 1 N–H and O–H groups in total. The summed E-state index contributed by atoms with van der Waals surface area (Å²) in [7, 11) is 0. The molecule has 104 valence electrons. The Hall–Kier alpha value is -1.58. The SMILES string of the molecule is C=CCNc1cc(C)nc(N2CCCCC2CC)n1. The van der Waals surface area contributed by atoms with Gasteiger partial charge in [-0.2, -0.15) is 4.98 Å². The molecule has 0 radical (unpaired) electrons. The predicted molar refractivity (Wildman–Crippen MR) is 80.7 cm³/mol. The topological polar surface area (TPSA) is 41.1 Å². The van der Waals surface area contributed by atoms with Crippen LogP contribution in [0.4, 0.5) is 11.8 Å². The van der Waals surface area contributed by atoms with Crippen molar-refractivity contribution < 1.29 is 0 Å². The standard InChI is InChI=1S/C15H24N4/c1-4-9-16-14-11-12(3)17-15(18-14)19-10-7-6-8-13(19)5-2/h4,11,13H,1,5-10H2,2-3H3,(H,16,17,18). The molecule has 1 saturated heterocycles. The number of nitrogens with zero attached hydrogens (tertiary/aromatic N) is 3. The van der Waals surface area contributed by atoms with Crippen molar-refractivity contribution in [3.05, 3.63) is 24.4 Å². The van der Waals surface area contributed by atoms with Gasteiger partial charge >= 0.3 is 0 Å². The van der Waals surface area contributed by atoms with Crippen molar-refractivity contribution in [3.63, 3.8) is 0 Å². The number of rotatable bonds is 5. The van der Waals surface area contributed by atoms with Gasteiger partial charge in [-0.25, -0.2) is 4.98 Å². The van der Waals surface area contributed by atoms with Gasteiger partial charge < -0.3 is 10.2 Å². The van der Waals surface area contributed by atoms with E-state index in [4.69, 9.17) is 0 Å². The molecule has 19 heavy (non-hydrogen) atoms. The van der Waals surface area contributed by atoms with Crippen LogP contribution in [0.3, 0.4) is 0 Å². The summed E-state index contributed by atoms with van der Waals surface area (Å²) >= 11 is 0. The molecule has 0 spiro atoms. The third-order valence-corrected chi connectivity index (χ3v) is 3.63. The number of aryl methyl sites for hydroxylation is 1. The zero-order valence-electron chi connectivity index (χ0n) is 12.0. The van der Waals surface area contributed by atoms with Gasteiger partial charge in [0.1, 0.15) is 5.82 Å². The Labute approximate surface area is 115 Å². The van der Waals surface area contributed by atoms with Crippen LogP contribution in [-0.4, -0.2) is 29.1 Å². The maximum absolute atomic E-state index is 4.65. The second-order valence-electron chi connectivity index (χ2n) is 5.12. The van der Waals surface area contributed by atoms with Crippen molar-refractivity contribution in [2.45, 2.75) is 45.6 Å². The second kappa shape index (κ2) is 6.55. The maximum Gasteiger partial charge on any atom is 0.227 e. The monoisotopic (exact) mass is 260 g/mol. The van der Waals surface area contributed by atoms with Crippen molar-refractivity contribution >= 4 is 11.8 Å². The molecular weight excluding hydrogens is 236 g/mol. The van der Waals surface area contributed by atoms with Crippen molar-refractivity contribution in [1.82, 2.24) is 9.97 Å². The maximum atomic E-state index is 4.65. The third kappa shape index (κ3) is 3.46. The number of piperidine rings is 1. The number of nitrogens with one attached hydrogen (secondary N) is 1. The fraction of sp³-hybridized carbons (Fsp3) is 0.600. The molecule has 0 saturated carbocycles. The van der Waals surface area contributed by atoms with E-state index in [1.807, 2.05) is 19.1 Å². The van der Waals surface area contributed by atoms with Crippen LogP contribution < -0.4 is 10.2 Å². The molecule has 0 amide bonds. The molecule has 1 aromatic heterocycles. The van der Waals surface area contributed by atoms with E-state index in [9.17, 15) is 0 Å². The summed E-state index contributed by atoms with van der Waals surface area (Å²) < 4.78 is 0. The zero-order chi connectivity index (χ0) is 13.7. The number of hydrogen-bond donors (Lipinski definition) is 1. The Morgan fingerprint density at radius 3 is 3.05 bits per heavy atom. The minimum atomic E-state index is 0.586. The lowest BCUT2D eigenvalue weighted by Crippen LogP contribution is -2.40. The summed E-state index contributed by atoms with van der Waals surface area (Å²) in [6.45, 7) is 9.79. The van der Waals surface area contributed by atoms with Crippen molar-refractivity contribution in [3.8, 4) is 0 Å². The Morgan fingerprint density at radius 2 is 2.32 bits per heavy atom.